The highest BCUT2D eigenvalue weighted by molar-refractivity contribution is 5.76. The third-order valence-corrected chi connectivity index (χ3v) is 2.87. The molecule has 0 fully saturated rings. The van der Waals surface area contributed by atoms with E-state index in [1.165, 1.54) is 24.3 Å². The van der Waals surface area contributed by atoms with Crippen LogP contribution in [0.1, 0.15) is 25.0 Å². The highest BCUT2D eigenvalue weighted by Crippen LogP contribution is 2.25. The third kappa shape index (κ3) is 6.06. The Hall–Kier alpha value is -2.43. The van der Waals surface area contributed by atoms with Crippen molar-refractivity contribution in [2.24, 2.45) is 0 Å². The van der Waals surface area contributed by atoms with Gasteiger partial charge in [0.1, 0.15) is 5.75 Å². The van der Waals surface area contributed by atoms with Gasteiger partial charge < -0.3 is 10.1 Å². The van der Waals surface area contributed by atoms with Gasteiger partial charge in [0, 0.05) is 11.4 Å². The minimum Gasteiger partial charge on any atom is -0.406 e. The zero-order chi connectivity index (χ0) is 17.5. The lowest BCUT2D eigenvalue weighted by Gasteiger charge is -2.13. The molecule has 0 spiro atoms. The number of ether oxygens (including phenoxy) is 1. The molecule has 2 aromatic rings. The molecule has 23 heavy (non-hydrogen) atoms. The van der Waals surface area contributed by atoms with Crippen molar-refractivity contribution in [3.8, 4) is 5.75 Å². The van der Waals surface area contributed by atoms with Crippen LogP contribution in [-0.2, 0) is 0 Å². The Morgan fingerprint density at radius 3 is 2.09 bits per heavy atom. The fraction of sp³-hybridized carbons (Fsp3) is 0.222. The van der Waals surface area contributed by atoms with E-state index >= 15 is 0 Å². The van der Waals surface area contributed by atoms with Crippen LogP contribution in [0.15, 0.2) is 55.1 Å². The number of halogens is 3. The van der Waals surface area contributed by atoms with Crippen LogP contribution >= 0.6 is 0 Å². The number of alkyl halides is 3. The van der Waals surface area contributed by atoms with Crippen LogP contribution in [0.2, 0.25) is 0 Å². The van der Waals surface area contributed by atoms with Crippen molar-refractivity contribution in [1.82, 2.24) is 0 Å². The maximum Gasteiger partial charge on any atom is 0.573 e. The van der Waals surface area contributed by atoms with E-state index in [9.17, 15) is 13.2 Å². The summed E-state index contributed by atoms with van der Waals surface area (Å²) in [5.74, 6) is -0.255. The maximum atomic E-state index is 12.1. The molecule has 0 aliphatic heterocycles. The van der Waals surface area contributed by atoms with Gasteiger partial charge in [-0.3, -0.25) is 0 Å². The molecule has 2 nitrogen and oxygen atoms in total. The van der Waals surface area contributed by atoms with Crippen LogP contribution < -0.4 is 10.1 Å². The summed E-state index contributed by atoms with van der Waals surface area (Å²) in [4.78, 5) is 0. The topological polar surface area (TPSA) is 21.3 Å². The Labute approximate surface area is 134 Å². The number of rotatable bonds is 4. The number of hydrogen-bond donors (Lipinski definition) is 1. The molecule has 2 rings (SSSR count). The Bertz CT molecular complexity index is 633. The molecule has 124 valence electrons. The number of nitrogens with one attached hydrogen (secondary N) is 1. The van der Waals surface area contributed by atoms with E-state index in [-0.39, 0.29) is 5.75 Å². The Balaban J connectivity index is 0.00000127. The molecular weight excluding hydrogens is 303 g/mol. The molecule has 0 atom stereocenters. The zero-order valence-electron chi connectivity index (χ0n) is 13.4. The van der Waals surface area contributed by atoms with E-state index in [1.807, 2.05) is 45.0 Å². The number of hydrogen-bond acceptors (Lipinski definition) is 2. The molecule has 0 aliphatic carbocycles. The van der Waals surface area contributed by atoms with E-state index in [0.29, 0.717) is 11.3 Å². The largest absolute Gasteiger partial charge is 0.573 e. The van der Waals surface area contributed by atoms with Crippen molar-refractivity contribution in [1.29, 1.82) is 0 Å². The van der Waals surface area contributed by atoms with Crippen molar-refractivity contribution in [2.75, 3.05) is 5.32 Å². The first-order valence-corrected chi connectivity index (χ1v) is 7.23. The van der Waals surface area contributed by atoms with Gasteiger partial charge in [0.25, 0.3) is 0 Å². The summed E-state index contributed by atoms with van der Waals surface area (Å²) >= 11 is 0. The monoisotopic (exact) mass is 323 g/mol. The van der Waals surface area contributed by atoms with Crippen LogP contribution in [0, 0.1) is 6.92 Å². The van der Waals surface area contributed by atoms with Crippen molar-refractivity contribution >= 4 is 11.4 Å². The second-order valence-electron chi connectivity index (χ2n) is 4.49. The molecule has 5 heteroatoms. The Morgan fingerprint density at radius 1 is 1.00 bits per heavy atom. The number of anilines is 1. The Morgan fingerprint density at radius 2 is 1.57 bits per heavy atom. The quantitative estimate of drug-likeness (QED) is 0.745. The summed E-state index contributed by atoms with van der Waals surface area (Å²) in [6.45, 7) is 9.85. The second kappa shape index (κ2) is 8.27. The first kappa shape index (κ1) is 18.6. The van der Waals surface area contributed by atoms with Gasteiger partial charge in [-0.25, -0.2) is 0 Å². The predicted octanol–water partition coefficient (Wildman–Crippen LogP) is 6.00. The number of aryl methyl sites for hydroxylation is 1. The minimum absolute atomic E-state index is 0.255. The first-order valence-electron chi connectivity index (χ1n) is 7.23. The average molecular weight is 323 g/mol. The third-order valence-electron chi connectivity index (χ3n) is 2.87. The summed E-state index contributed by atoms with van der Waals surface area (Å²) < 4.78 is 40.1. The second-order valence-corrected chi connectivity index (χ2v) is 4.49. The number of benzene rings is 2. The van der Waals surface area contributed by atoms with Gasteiger partial charge >= 0.3 is 6.36 Å². The molecule has 0 heterocycles. The van der Waals surface area contributed by atoms with Crippen molar-refractivity contribution < 1.29 is 17.9 Å². The Kier molecular flexibility index (Phi) is 6.69. The first-order chi connectivity index (χ1) is 10.8. The van der Waals surface area contributed by atoms with Gasteiger partial charge in [-0.1, -0.05) is 38.6 Å². The highest BCUT2D eigenvalue weighted by Gasteiger charge is 2.30. The van der Waals surface area contributed by atoms with Gasteiger partial charge in [-0.15, -0.1) is 13.2 Å². The minimum atomic E-state index is -4.68. The van der Waals surface area contributed by atoms with Gasteiger partial charge in [-0.2, -0.15) is 0 Å². The fourth-order valence-corrected chi connectivity index (χ4v) is 1.81. The normalized spacial score (nSPS) is 10.3. The molecule has 0 saturated carbocycles. The number of para-hydroxylation sites is 1. The zero-order valence-corrected chi connectivity index (χ0v) is 13.4. The fourth-order valence-electron chi connectivity index (χ4n) is 1.81. The predicted molar refractivity (Wildman–Crippen MR) is 88.3 cm³/mol. The van der Waals surface area contributed by atoms with Gasteiger partial charge in [-0.05, 0) is 48.4 Å². The smallest absolute Gasteiger partial charge is 0.406 e. The van der Waals surface area contributed by atoms with Crippen LogP contribution in [-0.4, -0.2) is 6.36 Å². The van der Waals surface area contributed by atoms with E-state index in [1.54, 1.807) is 0 Å². The van der Waals surface area contributed by atoms with Gasteiger partial charge in [0.15, 0.2) is 0 Å². The summed E-state index contributed by atoms with van der Waals surface area (Å²) in [5, 5.41) is 3.14. The lowest BCUT2D eigenvalue weighted by Crippen LogP contribution is -2.17. The van der Waals surface area contributed by atoms with Crippen molar-refractivity contribution in [3.05, 3.63) is 66.2 Å². The summed E-state index contributed by atoms with van der Waals surface area (Å²) in [7, 11) is 0. The summed E-state index contributed by atoms with van der Waals surface area (Å²) in [5.41, 5.74) is 3.24. The molecule has 0 saturated heterocycles. The van der Waals surface area contributed by atoms with E-state index in [0.717, 1.165) is 11.3 Å². The molecule has 1 N–H and O–H groups in total. The average Bonchev–Trinajstić information content (AvgIpc) is 2.51. The van der Waals surface area contributed by atoms with E-state index in [2.05, 4.69) is 16.6 Å². The molecule has 0 unspecified atom stereocenters. The maximum absolute atomic E-state index is 12.1. The molecule has 0 aromatic heterocycles. The van der Waals surface area contributed by atoms with E-state index in [4.69, 9.17) is 0 Å². The van der Waals surface area contributed by atoms with Crippen LogP contribution in [0.25, 0.3) is 5.70 Å². The SMILES string of the molecule is C=C(Nc1ccccc1C)c1ccc(OC(F)(F)F)cc1.CC. The van der Waals surface area contributed by atoms with Gasteiger partial charge in [0.2, 0.25) is 0 Å². The summed E-state index contributed by atoms with van der Waals surface area (Å²) in [6, 6.07) is 13.2. The van der Waals surface area contributed by atoms with Crippen LogP contribution in [0.5, 0.6) is 5.75 Å². The van der Waals surface area contributed by atoms with Crippen LogP contribution in [0.4, 0.5) is 18.9 Å². The highest BCUT2D eigenvalue weighted by atomic mass is 19.4. The molecule has 0 bridgehead atoms. The van der Waals surface area contributed by atoms with Crippen LogP contribution in [0.3, 0.4) is 0 Å². The lowest BCUT2D eigenvalue weighted by atomic mass is 10.1. The molecular formula is C18H20F3NO. The van der Waals surface area contributed by atoms with Crippen molar-refractivity contribution in [2.45, 2.75) is 27.1 Å². The molecule has 0 aliphatic rings. The van der Waals surface area contributed by atoms with Crippen molar-refractivity contribution in [3.63, 3.8) is 0 Å². The molecule has 0 amide bonds. The molecule has 0 radical (unpaired) electrons. The lowest BCUT2D eigenvalue weighted by molar-refractivity contribution is -0.274. The standard InChI is InChI=1S/C16H14F3NO.C2H6/c1-11-5-3-4-6-15(11)20-12(2)13-7-9-14(10-8-13)21-16(17,18)19;1-2/h3-10,20H,2H2,1H3;1-2H3. The summed E-state index contributed by atoms with van der Waals surface area (Å²) in [6.07, 6.45) is -4.68. The van der Waals surface area contributed by atoms with Gasteiger partial charge in [0.05, 0.1) is 0 Å². The molecule has 2 aromatic carbocycles. The van der Waals surface area contributed by atoms with E-state index < -0.39 is 6.36 Å².